The average molecular weight is 259 g/mol. The van der Waals surface area contributed by atoms with Crippen LogP contribution in [-0.2, 0) is 4.74 Å². The van der Waals surface area contributed by atoms with E-state index in [2.05, 4.69) is 30.9 Å². The van der Waals surface area contributed by atoms with Gasteiger partial charge >= 0.3 is 0 Å². The highest BCUT2D eigenvalue weighted by Crippen LogP contribution is 2.32. The van der Waals surface area contributed by atoms with Crippen molar-refractivity contribution >= 4 is 11.8 Å². The molecule has 1 aliphatic carbocycles. The van der Waals surface area contributed by atoms with Gasteiger partial charge < -0.3 is 10.1 Å². The molecular formula is C14H29NOS. The summed E-state index contributed by atoms with van der Waals surface area (Å²) in [4.78, 5) is 0. The first kappa shape index (κ1) is 15.3. The van der Waals surface area contributed by atoms with E-state index >= 15 is 0 Å². The van der Waals surface area contributed by atoms with Gasteiger partial charge in [0.1, 0.15) is 0 Å². The first-order valence-corrected chi connectivity index (χ1v) is 8.16. The zero-order chi connectivity index (χ0) is 12.5. The van der Waals surface area contributed by atoms with Crippen LogP contribution in [0.3, 0.4) is 0 Å². The molecule has 1 N–H and O–H groups in total. The molecule has 17 heavy (non-hydrogen) atoms. The summed E-state index contributed by atoms with van der Waals surface area (Å²) in [6.45, 7) is 6.73. The van der Waals surface area contributed by atoms with Gasteiger partial charge in [-0.1, -0.05) is 13.8 Å². The number of hydrogen-bond acceptors (Lipinski definition) is 3. The zero-order valence-electron chi connectivity index (χ0n) is 11.7. The summed E-state index contributed by atoms with van der Waals surface area (Å²) in [6.07, 6.45) is 6.58. The maximum atomic E-state index is 5.12. The lowest BCUT2D eigenvalue weighted by Gasteiger charge is -2.35. The lowest BCUT2D eigenvalue weighted by atomic mass is 9.87. The summed E-state index contributed by atoms with van der Waals surface area (Å²) in [5, 5.41) is 4.55. The Kier molecular flexibility index (Phi) is 8.33. The van der Waals surface area contributed by atoms with Crippen molar-refractivity contribution in [1.82, 2.24) is 5.32 Å². The van der Waals surface area contributed by atoms with E-state index in [0.29, 0.717) is 0 Å². The van der Waals surface area contributed by atoms with Crippen molar-refractivity contribution < 1.29 is 4.74 Å². The molecule has 0 spiro atoms. The van der Waals surface area contributed by atoms with Crippen molar-refractivity contribution in [3.05, 3.63) is 0 Å². The Morgan fingerprint density at radius 1 is 1.35 bits per heavy atom. The largest absolute Gasteiger partial charge is 0.385 e. The smallest absolute Gasteiger partial charge is 0.0470 e. The van der Waals surface area contributed by atoms with Crippen LogP contribution in [0.4, 0.5) is 0 Å². The van der Waals surface area contributed by atoms with E-state index < -0.39 is 0 Å². The number of methoxy groups -OCH3 is 1. The molecule has 0 heterocycles. The second-order valence-corrected chi connectivity index (χ2v) is 6.58. The van der Waals surface area contributed by atoms with Gasteiger partial charge in [0.25, 0.3) is 0 Å². The van der Waals surface area contributed by atoms with E-state index in [-0.39, 0.29) is 0 Å². The predicted molar refractivity (Wildman–Crippen MR) is 77.8 cm³/mol. The van der Waals surface area contributed by atoms with E-state index in [4.69, 9.17) is 4.74 Å². The molecule has 0 aromatic heterocycles. The molecule has 0 aliphatic heterocycles. The van der Waals surface area contributed by atoms with Gasteiger partial charge in [-0.3, -0.25) is 0 Å². The highest BCUT2D eigenvalue weighted by molar-refractivity contribution is 7.99. The average Bonchev–Trinajstić information content (AvgIpc) is 2.33. The summed E-state index contributed by atoms with van der Waals surface area (Å²) < 4.78 is 5.12. The lowest BCUT2D eigenvalue weighted by molar-refractivity contribution is 0.200. The molecule has 3 unspecified atom stereocenters. The van der Waals surface area contributed by atoms with E-state index in [9.17, 15) is 0 Å². The SMILES string of the molecule is CCCNC1CCC(C)CC1SCCCOC. The predicted octanol–water partition coefficient (Wildman–Crippen LogP) is 3.31. The standard InChI is InChI=1S/C14H29NOS/c1-4-8-15-13-7-6-12(2)11-14(13)17-10-5-9-16-3/h12-15H,4-11H2,1-3H3. The first-order valence-electron chi connectivity index (χ1n) is 7.11. The maximum absolute atomic E-state index is 5.12. The molecule has 2 nitrogen and oxygen atoms in total. The van der Waals surface area contributed by atoms with Crippen molar-refractivity contribution in [1.29, 1.82) is 0 Å². The van der Waals surface area contributed by atoms with Crippen molar-refractivity contribution in [3.8, 4) is 0 Å². The van der Waals surface area contributed by atoms with Gasteiger partial charge in [0.15, 0.2) is 0 Å². The van der Waals surface area contributed by atoms with Crippen molar-refractivity contribution in [2.75, 3.05) is 26.0 Å². The third kappa shape index (κ3) is 6.12. The van der Waals surface area contributed by atoms with Crippen LogP contribution in [0.2, 0.25) is 0 Å². The lowest BCUT2D eigenvalue weighted by Crippen LogP contribution is -2.42. The first-order chi connectivity index (χ1) is 8.27. The number of ether oxygens (including phenoxy) is 1. The van der Waals surface area contributed by atoms with Crippen molar-refractivity contribution in [2.45, 2.75) is 57.2 Å². The Hall–Kier alpha value is 0.270. The third-order valence-corrected chi connectivity index (χ3v) is 5.01. The Labute approximate surface area is 111 Å². The highest BCUT2D eigenvalue weighted by Gasteiger charge is 2.28. The number of hydrogen-bond donors (Lipinski definition) is 1. The third-order valence-electron chi connectivity index (χ3n) is 3.54. The number of thioether (sulfide) groups is 1. The second kappa shape index (κ2) is 9.23. The molecular weight excluding hydrogens is 230 g/mol. The molecule has 1 aliphatic rings. The number of nitrogens with one attached hydrogen (secondary N) is 1. The van der Waals surface area contributed by atoms with Crippen LogP contribution < -0.4 is 5.32 Å². The van der Waals surface area contributed by atoms with E-state index in [1.54, 1.807) is 7.11 Å². The molecule has 1 saturated carbocycles. The van der Waals surface area contributed by atoms with Gasteiger partial charge in [-0.25, -0.2) is 0 Å². The van der Waals surface area contributed by atoms with Crippen molar-refractivity contribution in [2.24, 2.45) is 5.92 Å². The molecule has 1 rings (SSSR count). The highest BCUT2D eigenvalue weighted by atomic mass is 32.2. The molecule has 0 aromatic carbocycles. The van der Waals surface area contributed by atoms with Crippen molar-refractivity contribution in [3.63, 3.8) is 0 Å². The van der Waals surface area contributed by atoms with E-state index in [0.717, 1.165) is 23.8 Å². The van der Waals surface area contributed by atoms with Gasteiger partial charge in [-0.05, 0) is 50.3 Å². The summed E-state index contributed by atoms with van der Waals surface area (Å²) >= 11 is 2.16. The molecule has 3 heteroatoms. The van der Waals surface area contributed by atoms with Crippen LogP contribution in [-0.4, -0.2) is 37.3 Å². The second-order valence-electron chi connectivity index (χ2n) is 5.23. The summed E-state index contributed by atoms with van der Waals surface area (Å²) in [7, 11) is 1.79. The monoisotopic (exact) mass is 259 g/mol. The molecule has 0 amide bonds. The minimum absolute atomic E-state index is 0.749. The molecule has 0 bridgehead atoms. The summed E-state index contributed by atoms with van der Waals surface area (Å²) in [6, 6.07) is 0.749. The fourth-order valence-corrected chi connectivity index (χ4v) is 4.03. The normalized spacial score (nSPS) is 29.5. The fourth-order valence-electron chi connectivity index (χ4n) is 2.51. The molecule has 0 radical (unpaired) electrons. The Morgan fingerprint density at radius 2 is 2.18 bits per heavy atom. The minimum Gasteiger partial charge on any atom is -0.385 e. The molecule has 3 atom stereocenters. The molecule has 1 fully saturated rings. The van der Waals surface area contributed by atoms with Gasteiger partial charge in [-0.2, -0.15) is 11.8 Å². The number of rotatable bonds is 8. The van der Waals surface area contributed by atoms with Crippen LogP contribution in [0.25, 0.3) is 0 Å². The quantitative estimate of drug-likeness (QED) is 0.676. The van der Waals surface area contributed by atoms with Gasteiger partial charge in [0.2, 0.25) is 0 Å². The van der Waals surface area contributed by atoms with Crippen LogP contribution in [0.5, 0.6) is 0 Å². The minimum atomic E-state index is 0.749. The summed E-state index contributed by atoms with van der Waals surface area (Å²) in [5.41, 5.74) is 0. The molecule has 0 aromatic rings. The van der Waals surface area contributed by atoms with Crippen LogP contribution >= 0.6 is 11.8 Å². The van der Waals surface area contributed by atoms with Crippen LogP contribution in [0, 0.1) is 5.92 Å². The molecule has 0 saturated heterocycles. The molecule has 102 valence electrons. The Morgan fingerprint density at radius 3 is 2.88 bits per heavy atom. The van der Waals surface area contributed by atoms with Crippen LogP contribution in [0.15, 0.2) is 0 Å². The summed E-state index contributed by atoms with van der Waals surface area (Å²) in [5.74, 6) is 2.16. The van der Waals surface area contributed by atoms with E-state index in [1.807, 2.05) is 0 Å². The van der Waals surface area contributed by atoms with Gasteiger partial charge in [-0.15, -0.1) is 0 Å². The van der Waals surface area contributed by atoms with Crippen LogP contribution in [0.1, 0.15) is 46.0 Å². The topological polar surface area (TPSA) is 21.3 Å². The van der Waals surface area contributed by atoms with Gasteiger partial charge in [0.05, 0.1) is 0 Å². The Bertz CT molecular complexity index is 187. The zero-order valence-corrected chi connectivity index (χ0v) is 12.5. The van der Waals surface area contributed by atoms with E-state index in [1.165, 1.54) is 44.4 Å². The van der Waals surface area contributed by atoms with Gasteiger partial charge in [0, 0.05) is 25.0 Å². The maximum Gasteiger partial charge on any atom is 0.0470 e. The Balaban J connectivity index is 2.27. The fraction of sp³-hybridized carbons (Fsp3) is 1.00.